The van der Waals surface area contributed by atoms with Gasteiger partial charge in [-0.05, 0) is 49.2 Å². The van der Waals surface area contributed by atoms with Crippen LogP contribution in [0, 0.1) is 0 Å². The first-order valence-electron chi connectivity index (χ1n) is 10.9. The van der Waals surface area contributed by atoms with Crippen molar-refractivity contribution in [2.75, 3.05) is 31.8 Å². The van der Waals surface area contributed by atoms with Crippen LogP contribution < -0.4 is 14.8 Å². The van der Waals surface area contributed by atoms with Crippen molar-refractivity contribution in [2.24, 2.45) is 7.05 Å². The van der Waals surface area contributed by atoms with E-state index in [0.29, 0.717) is 34.5 Å². The van der Waals surface area contributed by atoms with E-state index in [0.717, 1.165) is 18.4 Å². The number of ether oxygens (including phenoxy) is 2. The number of hydrogen-bond donors (Lipinski definition) is 1. The Balaban J connectivity index is 1.41. The van der Waals surface area contributed by atoms with Gasteiger partial charge in [-0.1, -0.05) is 11.8 Å². The molecule has 1 aliphatic rings. The Kier molecular flexibility index (Phi) is 7.36. The Bertz CT molecular complexity index is 1160. The number of benzene rings is 2. The summed E-state index contributed by atoms with van der Waals surface area (Å²) in [5.74, 6) is 1.44. The lowest BCUT2D eigenvalue weighted by Crippen LogP contribution is -2.30. The van der Waals surface area contributed by atoms with E-state index in [2.05, 4.69) is 15.5 Å². The van der Waals surface area contributed by atoms with Gasteiger partial charge in [-0.3, -0.25) is 9.59 Å². The van der Waals surface area contributed by atoms with Crippen LogP contribution in [0.15, 0.2) is 53.9 Å². The van der Waals surface area contributed by atoms with Crippen LogP contribution in [0.5, 0.6) is 11.5 Å². The summed E-state index contributed by atoms with van der Waals surface area (Å²) in [6.07, 6.45) is 3.38. The number of rotatable bonds is 8. The summed E-state index contributed by atoms with van der Waals surface area (Å²) in [7, 11) is 5.06. The zero-order valence-electron chi connectivity index (χ0n) is 19.4. The first-order chi connectivity index (χ1) is 16.5. The summed E-state index contributed by atoms with van der Waals surface area (Å²) < 4.78 is 12.6. The third-order valence-corrected chi connectivity index (χ3v) is 6.77. The highest BCUT2D eigenvalue weighted by atomic mass is 32.2. The summed E-state index contributed by atoms with van der Waals surface area (Å²) in [6, 6.07) is 12.6. The second-order valence-electron chi connectivity index (χ2n) is 7.90. The number of anilines is 1. The lowest BCUT2D eigenvalue weighted by molar-refractivity contribution is -0.113. The van der Waals surface area contributed by atoms with Crippen molar-refractivity contribution >= 4 is 29.3 Å². The maximum Gasteiger partial charge on any atom is 0.254 e. The van der Waals surface area contributed by atoms with E-state index in [1.807, 2.05) is 30.1 Å². The van der Waals surface area contributed by atoms with Crippen LogP contribution in [0.25, 0.3) is 0 Å². The van der Waals surface area contributed by atoms with Gasteiger partial charge in [0.15, 0.2) is 5.16 Å². The molecule has 1 N–H and O–H groups in total. The fraction of sp³-hybridized carbons (Fsp3) is 0.333. The van der Waals surface area contributed by atoms with E-state index in [1.165, 1.54) is 11.8 Å². The van der Waals surface area contributed by atoms with E-state index in [1.54, 1.807) is 49.4 Å². The molecule has 1 atom stereocenters. The molecule has 0 bridgehead atoms. The number of aryl methyl sites for hydroxylation is 1. The number of nitrogens with zero attached hydrogens (tertiary/aromatic N) is 4. The van der Waals surface area contributed by atoms with Crippen molar-refractivity contribution < 1.29 is 19.1 Å². The minimum Gasteiger partial charge on any atom is -0.497 e. The topological polar surface area (TPSA) is 98.6 Å². The molecule has 178 valence electrons. The highest BCUT2D eigenvalue weighted by molar-refractivity contribution is 7.99. The van der Waals surface area contributed by atoms with Crippen molar-refractivity contribution in [2.45, 2.75) is 24.0 Å². The summed E-state index contributed by atoms with van der Waals surface area (Å²) in [4.78, 5) is 27.5. The molecule has 0 saturated carbocycles. The van der Waals surface area contributed by atoms with Crippen LogP contribution >= 0.6 is 11.8 Å². The maximum atomic E-state index is 13.3. The molecule has 1 aliphatic heterocycles. The third-order valence-electron chi connectivity index (χ3n) is 5.73. The Labute approximate surface area is 202 Å². The van der Waals surface area contributed by atoms with Crippen molar-refractivity contribution in [1.29, 1.82) is 0 Å². The number of aromatic nitrogens is 3. The molecule has 3 aromatic rings. The first-order valence-corrected chi connectivity index (χ1v) is 11.9. The van der Waals surface area contributed by atoms with E-state index < -0.39 is 0 Å². The van der Waals surface area contributed by atoms with Gasteiger partial charge in [0, 0.05) is 36.5 Å². The highest BCUT2D eigenvalue weighted by Gasteiger charge is 2.32. The Morgan fingerprint density at radius 2 is 1.94 bits per heavy atom. The molecule has 0 aliphatic carbocycles. The smallest absolute Gasteiger partial charge is 0.254 e. The third kappa shape index (κ3) is 5.17. The van der Waals surface area contributed by atoms with Crippen LogP contribution in [-0.4, -0.2) is 58.0 Å². The Morgan fingerprint density at radius 3 is 2.62 bits per heavy atom. The van der Waals surface area contributed by atoms with Gasteiger partial charge < -0.3 is 24.3 Å². The van der Waals surface area contributed by atoms with Crippen LogP contribution in [0.1, 0.15) is 34.8 Å². The summed E-state index contributed by atoms with van der Waals surface area (Å²) in [6.45, 7) is 0.677. The average molecular weight is 482 g/mol. The standard InChI is InChI=1S/C24H27N5O4S/c1-28-15-25-27-24(28)34-14-22(30)26-17-8-6-16(7-9-17)23(31)29-12-4-5-20(29)19-11-10-18(32-2)13-21(19)33-3/h6-11,13,15,20H,4-5,12,14H2,1-3H3,(H,26,30). The monoisotopic (exact) mass is 481 g/mol. The molecule has 9 nitrogen and oxygen atoms in total. The Hall–Kier alpha value is -3.53. The summed E-state index contributed by atoms with van der Waals surface area (Å²) >= 11 is 1.31. The molecule has 0 radical (unpaired) electrons. The van der Waals surface area contributed by atoms with Crippen molar-refractivity contribution in [3.8, 4) is 11.5 Å². The zero-order chi connectivity index (χ0) is 24.1. The molecule has 1 fully saturated rings. The summed E-state index contributed by atoms with van der Waals surface area (Å²) in [5, 5.41) is 11.3. The van der Waals surface area contributed by atoms with Crippen molar-refractivity contribution in [3.05, 3.63) is 59.9 Å². The van der Waals surface area contributed by atoms with Crippen molar-refractivity contribution in [3.63, 3.8) is 0 Å². The lowest BCUT2D eigenvalue weighted by Gasteiger charge is -2.26. The van der Waals surface area contributed by atoms with Gasteiger partial charge in [0.2, 0.25) is 5.91 Å². The number of nitrogens with one attached hydrogen (secondary N) is 1. The number of likely N-dealkylation sites (tertiary alicyclic amines) is 1. The fourth-order valence-corrected chi connectivity index (χ4v) is 4.71. The van der Waals surface area contributed by atoms with Gasteiger partial charge in [0.25, 0.3) is 5.91 Å². The van der Waals surface area contributed by atoms with Crippen molar-refractivity contribution in [1.82, 2.24) is 19.7 Å². The molecule has 0 spiro atoms. The molecule has 1 aromatic heterocycles. The second-order valence-corrected chi connectivity index (χ2v) is 8.85. The number of carbonyl (C=O) groups excluding carboxylic acids is 2. The number of amides is 2. The van der Waals surface area contributed by atoms with Gasteiger partial charge in [0.1, 0.15) is 17.8 Å². The molecular formula is C24H27N5O4S. The van der Waals surface area contributed by atoms with Gasteiger partial charge in [0.05, 0.1) is 26.0 Å². The number of hydrogen-bond acceptors (Lipinski definition) is 7. The van der Waals surface area contributed by atoms with Gasteiger partial charge in [-0.2, -0.15) is 0 Å². The zero-order valence-corrected chi connectivity index (χ0v) is 20.2. The Morgan fingerprint density at radius 1 is 1.15 bits per heavy atom. The minimum atomic E-state index is -0.154. The SMILES string of the molecule is COc1ccc(C2CCCN2C(=O)c2ccc(NC(=O)CSc3nncn3C)cc2)c(OC)c1. The van der Waals surface area contributed by atoms with E-state index in [9.17, 15) is 9.59 Å². The normalized spacial score (nSPS) is 15.3. The molecule has 1 saturated heterocycles. The lowest BCUT2D eigenvalue weighted by atomic mass is 10.0. The molecule has 2 heterocycles. The van der Waals surface area contributed by atoms with Crippen LogP contribution in [0.2, 0.25) is 0 Å². The van der Waals surface area contributed by atoms with E-state index >= 15 is 0 Å². The number of thioether (sulfide) groups is 1. The molecular weight excluding hydrogens is 454 g/mol. The van der Waals surface area contributed by atoms with E-state index in [4.69, 9.17) is 9.47 Å². The highest BCUT2D eigenvalue weighted by Crippen LogP contribution is 2.39. The van der Waals surface area contributed by atoms with Gasteiger partial charge in [-0.15, -0.1) is 10.2 Å². The second kappa shape index (κ2) is 10.6. The van der Waals surface area contributed by atoms with Gasteiger partial charge in [-0.25, -0.2) is 0 Å². The number of carbonyl (C=O) groups is 2. The summed E-state index contributed by atoms with van der Waals surface area (Å²) in [5.41, 5.74) is 2.18. The minimum absolute atomic E-state index is 0.0453. The van der Waals surface area contributed by atoms with Crippen LogP contribution in [0.3, 0.4) is 0 Å². The van der Waals surface area contributed by atoms with Crippen LogP contribution in [-0.2, 0) is 11.8 Å². The fourth-order valence-electron chi connectivity index (χ4n) is 4.02. The molecule has 2 amide bonds. The largest absolute Gasteiger partial charge is 0.497 e. The van der Waals surface area contributed by atoms with Crippen LogP contribution in [0.4, 0.5) is 5.69 Å². The molecule has 34 heavy (non-hydrogen) atoms. The predicted molar refractivity (Wildman–Crippen MR) is 129 cm³/mol. The maximum absolute atomic E-state index is 13.3. The molecule has 10 heteroatoms. The molecule has 4 rings (SSSR count). The predicted octanol–water partition coefficient (Wildman–Crippen LogP) is 3.54. The van der Waals surface area contributed by atoms with E-state index in [-0.39, 0.29) is 23.6 Å². The first kappa shape index (κ1) is 23.6. The molecule has 1 unspecified atom stereocenters. The average Bonchev–Trinajstić information content (AvgIpc) is 3.51. The quantitative estimate of drug-likeness (QED) is 0.492. The molecule has 2 aromatic carbocycles. The number of methoxy groups -OCH3 is 2. The van der Waals surface area contributed by atoms with Gasteiger partial charge >= 0.3 is 0 Å².